The van der Waals surface area contributed by atoms with E-state index in [4.69, 9.17) is 17.3 Å². The average Bonchev–Trinajstić information content (AvgIpc) is 2.30. The first-order valence-electron chi connectivity index (χ1n) is 6.32. The van der Waals surface area contributed by atoms with Gasteiger partial charge in [0, 0.05) is 12.1 Å². The smallest absolute Gasteiger partial charge is 0.271 e. The lowest BCUT2D eigenvalue weighted by Crippen LogP contribution is -2.57. The number of carbonyl (C=O) groups is 1. The Morgan fingerprint density at radius 2 is 2.21 bits per heavy atom. The lowest BCUT2D eigenvalue weighted by molar-refractivity contribution is 0.0556. The molecule has 19 heavy (non-hydrogen) atoms. The third-order valence-corrected chi connectivity index (χ3v) is 4.20. The number of pyridine rings is 1. The van der Waals surface area contributed by atoms with Crippen LogP contribution in [0.3, 0.4) is 0 Å². The number of halogens is 1. The lowest BCUT2D eigenvalue weighted by Gasteiger charge is -2.47. The van der Waals surface area contributed by atoms with Gasteiger partial charge in [0.05, 0.1) is 5.02 Å². The van der Waals surface area contributed by atoms with Crippen LogP contribution in [0.1, 0.15) is 29.8 Å². The predicted octanol–water partition coefficient (Wildman–Crippen LogP) is 1.53. The van der Waals surface area contributed by atoms with Gasteiger partial charge in [0.25, 0.3) is 5.91 Å². The van der Waals surface area contributed by atoms with E-state index in [9.17, 15) is 4.79 Å². The van der Waals surface area contributed by atoms with Crippen LogP contribution in [0.15, 0.2) is 12.1 Å². The van der Waals surface area contributed by atoms with Crippen LogP contribution in [0.4, 0.5) is 5.82 Å². The third-order valence-electron chi connectivity index (χ3n) is 3.89. The summed E-state index contributed by atoms with van der Waals surface area (Å²) in [5, 5.41) is 3.23. The molecule has 104 valence electrons. The maximum atomic E-state index is 12.1. The summed E-state index contributed by atoms with van der Waals surface area (Å²) in [5.74, 6) is 0.0194. The number of nitrogen functional groups attached to an aromatic ring is 1. The Balaban J connectivity index is 2.03. The molecule has 0 atom stereocenters. The van der Waals surface area contributed by atoms with E-state index in [1.54, 1.807) is 12.1 Å². The molecule has 1 aromatic heterocycles. The molecule has 0 aliphatic heterocycles. The van der Waals surface area contributed by atoms with E-state index in [0.717, 1.165) is 12.8 Å². The average molecular weight is 283 g/mol. The van der Waals surface area contributed by atoms with E-state index >= 15 is 0 Å². The van der Waals surface area contributed by atoms with Crippen LogP contribution in [-0.4, -0.2) is 42.0 Å². The van der Waals surface area contributed by atoms with Gasteiger partial charge in [0.1, 0.15) is 11.5 Å². The van der Waals surface area contributed by atoms with Crippen molar-refractivity contribution in [3.05, 3.63) is 22.8 Å². The molecular formula is C13H19ClN4O. The summed E-state index contributed by atoms with van der Waals surface area (Å²) in [6.45, 7) is 0.603. The monoisotopic (exact) mass is 282 g/mol. The van der Waals surface area contributed by atoms with Gasteiger partial charge in [-0.15, -0.1) is 0 Å². The summed E-state index contributed by atoms with van der Waals surface area (Å²) in [6, 6.07) is 3.16. The number of nitrogens with zero attached hydrogens (tertiary/aromatic N) is 2. The normalized spacial score (nSPS) is 17.1. The van der Waals surface area contributed by atoms with Crippen LogP contribution in [0.2, 0.25) is 5.02 Å². The molecule has 5 nitrogen and oxygen atoms in total. The van der Waals surface area contributed by atoms with Crippen LogP contribution in [0.25, 0.3) is 0 Å². The lowest BCUT2D eigenvalue weighted by atomic mass is 9.75. The van der Waals surface area contributed by atoms with Crippen molar-refractivity contribution in [2.24, 2.45) is 0 Å². The van der Waals surface area contributed by atoms with E-state index in [1.807, 2.05) is 14.1 Å². The van der Waals surface area contributed by atoms with Gasteiger partial charge < -0.3 is 16.0 Å². The molecule has 1 amide bonds. The van der Waals surface area contributed by atoms with E-state index in [1.165, 1.54) is 6.42 Å². The van der Waals surface area contributed by atoms with Gasteiger partial charge in [-0.25, -0.2) is 4.98 Å². The zero-order valence-corrected chi connectivity index (χ0v) is 12.0. The Labute approximate surface area is 118 Å². The maximum Gasteiger partial charge on any atom is 0.271 e. The summed E-state index contributed by atoms with van der Waals surface area (Å²) >= 11 is 5.96. The highest BCUT2D eigenvalue weighted by Crippen LogP contribution is 2.35. The molecule has 3 N–H and O–H groups in total. The molecular weight excluding hydrogens is 264 g/mol. The third kappa shape index (κ3) is 2.82. The molecule has 1 aliphatic carbocycles. The van der Waals surface area contributed by atoms with E-state index in [0.29, 0.717) is 17.4 Å². The summed E-state index contributed by atoms with van der Waals surface area (Å²) in [5.41, 5.74) is 5.84. The second-order valence-corrected chi connectivity index (χ2v) is 5.63. The molecule has 0 bridgehead atoms. The maximum absolute atomic E-state index is 12.1. The topological polar surface area (TPSA) is 71.2 Å². The first-order valence-corrected chi connectivity index (χ1v) is 6.70. The largest absolute Gasteiger partial charge is 0.384 e. The van der Waals surface area contributed by atoms with Crippen molar-refractivity contribution < 1.29 is 4.79 Å². The first-order chi connectivity index (χ1) is 8.94. The standard InChI is InChI=1S/C13H19ClN4O/c1-18(2)13(6-3-7-13)8-16-12(19)11-9(14)4-5-10(15)17-11/h4-5H,3,6-8H2,1-2H3,(H2,15,17)(H,16,19). The summed E-state index contributed by atoms with van der Waals surface area (Å²) in [7, 11) is 4.08. The molecule has 0 spiro atoms. The van der Waals surface area contributed by atoms with Crippen molar-refractivity contribution >= 4 is 23.3 Å². The van der Waals surface area contributed by atoms with Crippen LogP contribution in [-0.2, 0) is 0 Å². The number of nitrogens with one attached hydrogen (secondary N) is 1. The van der Waals surface area contributed by atoms with E-state index < -0.39 is 0 Å². The van der Waals surface area contributed by atoms with Crippen molar-refractivity contribution in [2.45, 2.75) is 24.8 Å². The minimum atomic E-state index is -0.273. The SMILES string of the molecule is CN(C)C1(CNC(=O)c2nc(N)ccc2Cl)CCC1. The van der Waals surface area contributed by atoms with Crippen LogP contribution >= 0.6 is 11.6 Å². The van der Waals surface area contributed by atoms with Crippen LogP contribution in [0, 0.1) is 0 Å². The second kappa shape index (κ2) is 5.35. The number of carbonyl (C=O) groups excluding carboxylic acids is 1. The molecule has 2 rings (SSSR count). The fourth-order valence-corrected chi connectivity index (χ4v) is 2.50. The second-order valence-electron chi connectivity index (χ2n) is 5.22. The van der Waals surface area contributed by atoms with Gasteiger partial charge in [-0.2, -0.15) is 0 Å². The van der Waals surface area contributed by atoms with Gasteiger partial charge in [-0.3, -0.25) is 4.79 Å². The quantitative estimate of drug-likeness (QED) is 0.879. The van der Waals surface area contributed by atoms with Gasteiger partial charge in [-0.05, 0) is 45.5 Å². The highest BCUT2D eigenvalue weighted by Gasteiger charge is 2.39. The molecule has 0 radical (unpaired) electrons. The Morgan fingerprint density at radius 1 is 1.53 bits per heavy atom. The summed E-state index contributed by atoms with van der Waals surface area (Å²) < 4.78 is 0. The highest BCUT2D eigenvalue weighted by atomic mass is 35.5. The van der Waals surface area contributed by atoms with Crippen molar-refractivity contribution in [1.82, 2.24) is 15.2 Å². The molecule has 0 aromatic carbocycles. The molecule has 0 unspecified atom stereocenters. The molecule has 6 heteroatoms. The predicted molar refractivity (Wildman–Crippen MR) is 76.3 cm³/mol. The van der Waals surface area contributed by atoms with E-state index in [-0.39, 0.29) is 17.1 Å². The number of likely N-dealkylation sites (N-methyl/N-ethyl adjacent to an activating group) is 1. The zero-order chi connectivity index (χ0) is 14.0. The number of nitrogens with two attached hydrogens (primary N) is 1. The van der Waals surface area contributed by atoms with Gasteiger partial charge >= 0.3 is 0 Å². The number of rotatable bonds is 4. The van der Waals surface area contributed by atoms with Crippen molar-refractivity contribution in [2.75, 3.05) is 26.4 Å². The summed E-state index contributed by atoms with van der Waals surface area (Å²) in [6.07, 6.45) is 3.39. The fraction of sp³-hybridized carbons (Fsp3) is 0.538. The van der Waals surface area contributed by atoms with Gasteiger partial charge in [0.15, 0.2) is 0 Å². The van der Waals surface area contributed by atoms with Crippen LogP contribution in [0.5, 0.6) is 0 Å². The van der Waals surface area contributed by atoms with Gasteiger partial charge in [0.2, 0.25) is 0 Å². The first kappa shape index (κ1) is 14.1. The van der Waals surface area contributed by atoms with E-state index in [2.05, 4.69) is 15.2 Å². The molecule has 0 saturated heterocycles. The minimum absolute atomic E-state index is 0.0719. The molecule has 1 fully saturated rings. The number of hydrogen-bond donors (Lipinski definition) is 2. The number of anilines is 1. The number of aromatic nitrogens is 1. The van der Waals surface area contributed by atoms with Crippen molar-refractivity contribution in [1.29, 1.82) is 0 Å². The molecule has 1 saturated carbocycles. The highest BCUT2D eigenvalue weighted by molar-refractivity contribution is 6.33. The Bertz CT molecular complexity index is 486. The fourth-order valence-electron chi connectivity index (χ4n) is 2.31. The Kier molecular flexibility index (Phi) is 3.96. The minimum Gasteiger partial charge on any atom is -0.384 e. The number of hydrogen-bond acceptors (Lipinski definition) is 4. The van der Waals surface area contributed by atoms with Crippen molar-refractivity contribution in [3.63, 3.8) is 0 Å². The molecule has 1 heterocycles. The van der Waals surface area contributed by atoms with Crippen LogP contribution < -0.4 is 11.1 Å². The number of amides is 1. The van der Waals surface area contributed by atoms with Gasteiger partial charge in [-0.1, -0.05) is 11.6 Å². The zero-order valence-electron chi connectivity index (χ0n) is 11.2. The molecule has 1 aliphatic rings. The Hall–Kier alpha value is -1.33. The summed E-state index contributed by atoms with van der Waals surface area (Å²) in [4.78, 5) is 18.2. The van der Waals surface area contributed by atoms with Crippen molar-refractivity contribution in [3.8, 4) is 0 Å². The Morgan fingerprint density at radius 3 is 2.74 bits per heavy atom. The molecule has 1 aromatic rings.